The average Bonchev–Trinajstić information content (AvgIpc) is 3.09. The third-order valence-electron chi connectivity index (χ3n) is 4.95. The molecule has 1 atom stereocenters. The van der Waals surface area contributed by atoms with Crippen molar-refractivity contribution in [2.24, 2.45) is 0 Å². The summed E-state index contributed by atoms with van der Waals surface area (Å²) in [5.41, 5.74) is 3.17. The number of nitrogens with zero attached hydrogens (tertiary/aromatic N) is 3. The SMILES string of the molecule is CCOC(=O)c1cnc(N2c3ccccc3CC2C)nc1OCc1ccc(F)cc1. The molecule has 0 spiro atoms. The van der Waals surface area contributed by atoms with Gasteiger partial charge in [-0.3, -0.25) is 0 Å². The summed E-state index contributed by atoms with van der Waals surface area (Å²) in [6.07, 6.45) is 2.32. The molecule has 0 N–H and O–H groups in total. The van der Waals surface area contributed by atoms with Gasteiger partial charge in [-0.1, -0.05) is 30.3 Å². The Labute approximate surface area is 174 Å². The van der Waals surface area contributed by atoms with Gasteiger partial charge in [0.25, 0.3) is 0 Å². The second-order valence-corrected chi connectivity index (χ2v) is 7.08. The predicted octanol–water partition coefficient (Wildman–Crippen LogP) is 4.45. The number of anilines is 2. The van der Waals surface area contributed by atoms with E-state index in [0.717, 1.165) is 17.7 Å². The molecule has 0 saturated heterocycles. The van der Waals surface area contributed by atoms with Crippen LogP contribution in [0.5, 0.6) is 5.88 Å². The fraction of sp³-hybridized carbons (Fsp3) is 0.261. The normalized spacial score (nSPS) is 15.0. The third kappa shape index (κ3) is 3.96. The van der Waals surface area contributed by atoms with Crippen LogP contribution < -0.4 is 9.64 Å². The van der Waals surface area contributed by atoms with Crippen molar-refractivity contribution in [2.45, 2.75) is 32.9 Å². The number of halogens is 1. The molecule has 4 rings (SSSR count). The Balaban J connectivity index is 1.67. The van der Waals surface area contributed by atoms with Crippen LogP contribution in [-0.2, 0) is 17.8 Å². The molecule has 0 amide bonds. The molecule has 0 fully saturated rings. The fourth-order valence-corrected chi connectivity index (χ4v) is 3.53. The summed E-state index contributed by atoms with van der Waals surface area (Å²) in [7, 11) is 0. The van der Waals surface area contributed by atoms with Crippen LogP contribution in [-0.4, -0.2) is 28.6 Å². The Kier molecular flexibility index (Phi) is 5.61. The van der Waals surface area contributed by atoms with Gasteiger partial charge >= 0.3 is 5.97 Å². The van der Waals surface area contributed by atoms with Gasteiger partial charge in [-0.15, -0.1) is 0 Å². The zero-order chi connectivity index (χ0) is 21.1. The maximum atomic E-state index is 13.2. The Morgan fingerprint density at radius 3 is 2.73 bits per heavy atom. The molecular weight excluding hydrogens is 385 g/mol. The molecule has 154 valence electrons. The molecule has 30 heavy (non-hydrogen) atoms. The lowest BCUT2D eigenvalue weighted by Crippen LogP contribution is -2.26. The van der Waals surface area contributed by atoms with Crippen molar-refractivity contribution in [3.8, 4) is 5.88 Å². The number of hydrogen-bond acceptors (Lipinski definition) is 6. The molecule has 2 heterocycles. The maximum Gasteiger partial charge on any atom is 0.345 e. The van der Waals surface area contributed by atoms with Gasteiger partial charge in [-0.25, -0.2) is 14.2 Å². The highest BCUT2D eigenvalue weighted by Gasteiger charge is 2.30. The van der Waals surface area contributed by atoms with Crippen LogP contribution in [0, 0.1) is 5.82 Å². The first-order chi connectivity index (χ1) is 14.6. The van der Waals surface area contributed by atoms with E-state index in [1.54, 1.807) is 19.1 Å². The van der Waals surface area contributed by atoms with E-state index in [0.29, 0.717) is 5.95 Å². The summed E-state index contributed by atoms with van der Waals surface area (Å²) in [5, 5.41) is 0. The largest absolute Gasteiger partial charge is 0.472 e. The lowest BCUT2D eigenvalue weighted by atomic mass is 10.1. The standard InChI is InChI=1S/C23H22FN3O3/c1-3-29-22(28)19-13-25-23(27-15(2)12-17-6-4-5-7-20(17)27)26-21(19)30-14-16-8-10-18(24)11-9-16/h4-11,13,15H,3,12,14H2,1-2H3. The van der Waals surface area contributed by atoms with Crippen molar-refractivity contribution in [3.05, 3.63) is 77.2 Å². The van der Waals surface area contributed by atoms with Crippen molar-refractivity contribution >= 4 is 17.6 Å². The number of benzene rings is 2. The number of ether oxygens (including phenoxy) is 2. The van der Waals surface area contributed by atoms with Gasteiger partial charge in [0.15, 0.2) is 0 Å². The highest BCUT2D eigenvalue weighted by Crippen LogP contribution is 2.37. The Hall–Kier alpha value is -3.48. The molecule has 0 bridgehead atoms. The number of carbonyl (C=O) groups excluding carboxylic acids is 1. The van der Waals surface area contributed by atoms with E-state index in [4.69, 9.17) is 9.47 Å². The van der Waals surface area contributed by atoms with Crippen molar-refractivity contribution in [1.29, 1.82) is 0 Å². The van der Waals surface area contributed by atoms with Crippen LogP contribution in [0.15, 0.2) is 54.7 Å². The molecule has 2 aromatic carbocycles. The topological polar surface area (TPSA) is 64.5 Å². The van der Waals surface area contributed by atoms with Crippen molar-refractivity contribution in [1.82, 2.24) is 9.97 Å². The number of esters is 1. The number of aromatic nitrogens is 2. The first-order valence-electron chi connectivity index (χ1n) is 9.85. The van der Waals surface area contributed by atoms with Crippen molar-refractivity contribution < 1.29 is 18.7 Å². The molecule has 3 aromatic rings. The molecule has 7 heteroatoms. The molecule has 0 saturated carbocycles. The van der Waals surface area contributed by atoms with Crippen LogP contribution in [0.4, 0.5) is 16.0 Å². The Morgan fingerprint density at radius 2 is 1.97 bits per heavy atom. The van der Waals surface area contributed by atoms with E-state index < -0.39 is 5.97 Å². The van der Waals surface area contributed by atoms with Crippen LogP contribution in [0.1, 0.15) is 35.3 Å². The van der Waals surface area contributed by atoms with Gasteiger partial charge in [0, 0.05) is 11.7 Å². The zero-order valence-corrected chi connectivity index (χ0v) is 16.8. The quantitative estimate of drug-likeness (QED) is 0.563. The van der Waals surface area contributed by atoms with E-state index in [2.05, 4.69) is 23.0 Å². The number of fused-ring (bicyclic) bond motifs is 1. The van der Waals surface area contributed by atoms with E-state index in [-0.39, 0.29) is 36.5 Å². The summed E-state index contributed by atoms with van der Waals surface area (Å²) in [4.78, 5) is 23.4. The van der Waals surface area contributed by atoms with Crippen LogP contribution in [0.2, 0.25) is 0 Å². The molecule has 0 aliphatic carbocycles. The minimum atomic E-state index is -0.548. The van der Waals surface area contributed by atoms with Gasteiger partial charge in [-0.2, -0.15) is 4.98 Å². The van der Waals surface area contributed by atoms with E-state index >= 15 is 0 Å². The molecule has 6 nitrogen and oxygen atoms in total. The summed E-state index contributed by atoms with van der Waals surface area (Å²) < 4.78 is 24.1. The summed E-state index contributed by atoms with van der Waals surface area (Å²) in [5.74, 6) is -0.279. The van der Waals surface area contributed by atoms with Crippen molar-refractivity contribution in [3.63, 3.8) is 0 Å². The first kappa shape index (κ1) is 19.8. The van der Waals surface area contributed by atoms with Gasteiger partial charge in [0.05, 0.1) is 12.8 Å². The lowest BCUT2D eigenvalue weighted by molar-refractivity contribution is 0.0519. The second-order valence-electron chi connectivity index (χ2n) is 7.08. The fourth-order valence-electron chi connectivity index (χ4n) is 3.53. The number of carbonyl (C=O) groups is 1. The minimum Gasteiger partial charge on any atom is -0.472 e. The smallest absolute Gasteiger partial charge is 0.345 e. The second kappa shape index (κ2) is 8.49. The lowest BCUT2D eigenvalue weighted by Gasteiger charge is -2.23. The van der Waals surface area contributed by atoms with E-state index in [1.807, 2.05) is 23.1 Å². The summed E-state index contributed by atoms with van der Waals surface area (Å²) >= 11 is 0. The highest BCUT2D eigenvalue weighted by molar-refractivity contribution is 5.91. The predicted molar refractivity (Wildman–Crippen MR) is 110 cm³/mol. The molecule has 1 aliphatic heterocycles. The van der Waals surface area contributed by atoms with Gasteiger partial charge < -0.3 is 14.4 Å². The van der Waals surface area contributed by atoms with Crippen LogP contribution >= 0.6 is 0 Å². The number of para-hydroxylation sites is 1. The summed E-state index contributed by atoms with van der Waals surface area (Å²) in [6.45, 7) is 4.19. The zero-order valence-electron chi connectivity index (χ0n) is 16.8. The third-order valence-corrected chi connectivity index (χ3v) is 4.95. The Bertz CT molecular complexity index is 1060. The number of hydrogen-bond donors (Lipinski definition) is 0. The molecular formula is C23H22FN3O3. The maximum absolute atomic E-state index is 13.2. The molecule has 1 aliphatic rings. The van der Waals surface area contributed by atoms with Gasteiger partial charge in [-0.05, 0) is 49.6 Å². The molecule has 0 radical (unpaired) electrons. The van der Waals surface area contributed by atoms with Crippen LogP contribution in [0.25, 0.3) is 0 Å². The van der Waals surface area contributed by atoms with E-state index in [9.17, 15) is 9.18 Å². The van der Waals surface area contributed by atoms with Crippen molar-refractivity contribution in [2.75, 3.05) is 11.5 Å². The highest BCUT2D eigenvalue weighted by atomic mass is 19.1. The number of rotatable bonds is 6. The minimum absolute atomic E-state index is 0.134. The molecule has 1 aromatic heterocycles. The first-order valence-corrected chi connectivity index (χ1v) is 9.85. The molecule has 1 unspecified atom stereocenters. The monoisotopic (exact) mass is 407 g/mol. The van der Waals surface area contributed by atoms with Gasteiger partial charge in [0.1, 0.15) is 18.0 Å². The average molecular weight is 407 g/mol. The van der Waals surface area contributed by atoms with Crippen LogP contribution in [0.3, 0.4) is 0 Å². The Morgan fingerprint density at radius 1 is 1.20 bits per heavy atom. The van der Waals surface area contributed by atoms with E-state index in [1.165, 1.54) is 23.9 Å². The summed E-state index contributed by atoms with van der Waals surface area (Å²) in [6, 6.07) is 14.2. The van der Waals surface area contributed by atoms with Gasteiger partial charge in [0.2, 0.25) is 11.8 Å².